The number of alkyl halides is 3. The van der Waals surface area contributed by atoms with Crippen LogP contribution in [0.1, 0.15) is 24.1 Å². The largest absolute Gasteiger partial charge is 0.438 e. The van der Waals surface area contributed by atoms with Crippen LogP contribution < -0.4 is 10.5 Å². The van der Waals surface area contributed by atoms with E-state index < -0.39 is 11.7 Å². The lowest BCUT2D eigenvalue weighted by Crippen LogP contribution is -2.08. The number of hydrogen-bond acceptors (Lipinski definition) is 3. The Labute approximate surface area is 114 Å². The van der Waals surface area contributed by atoms with Crippen LogP contribution in [0.25, 0.3) is 0 Å². The molecule has 0 saturated carbocycles. The van der Waals surface area contributed by atoms with E-state index in [9.17, 15) is 13.2 Å². The van der Waals surface area contributed by atoms with Crippen molar-refractivity contribution < 1.29 is 17.9 Å². The average Bonchev–Trinajstić information content (AvgIpc) is 2.38. The number of aromatic nitrogens is 1. The zero-order valence-corrected chi connectivity index (χ0v) is 10.7. The fourth-order valence-electron chi connectivity index (χ4n) is 1.67. The standard InChI is InChI=1S/C14H13F3N2O/c1-9(18)10-6-7-19-13(8-10)20-12-5-3-2-4-11(12)14(15,16)17/h2-9H,18H2,1H3/t9-/m0/s1. The topological polar surface area (TPSA) is 48.1 Å². The number of pyridine rings is 1. The summed E-state index contributed by atoms with van der Waals surface area (Å²) in [6.07, 6.45) is -3.03. The number of nitrogens with zero attached hydrogens (tertiary/aromatic N) is 1. The van der Waals surface area contributed by atoms with Crippen LogP contribution in [0.15, 0.2) is 42.6 Å². The molecule has 20 heavy (non-hydrogen) atoms. The lowest BCUT2D eigenvalue weighted by molar-refractivity contribution is -0.138. The lowest BCUT2D eigenvalue weighted by Gasteiger charge is -2.13. The van der Waals surface area contributed by atoms with E-state index in [1.807, 2.05) is 0 Å². The third kappa shape index (κ3) is 3.27. The molecule has 3 nitrogen and oxygen atoms in total. The van der Waals surface area contributed by atoms with Gasteiger partial charge in [-0.1, -0.05) is 12.1 Å². The van der Waals surface area contributed by atoms with Crippen LogP contribution >= 0.6 is 0 Å². The molecule has 0 amide bonds. The molecule has 2 N–H and O–H groups in total. The van der Waals surface area contributed by atoms with Crippen molar-refractivity contribution in [2.24, 2.45) is 5.73 Å². The van der Waals surface area contributed by atoms with E-state index in [1.54, 1.807) is 13.0 Å². The zero-order valence-electron chi connectivity index (χ0n) is 10.7. The van der Waals surface area contributed by atoms with Crippen LogP contribution in [0.2, 0.25) is 0 Å². The number of benzene rings is 1. The molecule has 1 atom stereocenters. The Bertz CT molecular complexity index is 597. The number of para-hydroxylation sites is 1. The highest BCUT2D eigenvalue weighted by atomic mass is 19.4. The van der Waals surface area contributed by atoms with Crippen molar-refractivity contribution in [3.05, 3.63) is 53.7 Å². The van der Waals surface area contributed by atoms with Crippen molar-refractivity contribution in [3.8, 4) is 11.6 Å². The SMILES string of the molecule is C[C@H](N)c1ccnc(Oc2ccccc2C(F)(F)F)c1. The fraction of sp³-hybridized carbons (Fsp3) is 0.214. The van der Waals surface area contributed by atoms with E-state index in [0.29, 0.717) is 0 Å². The molecule has 0 aliphatic heterocycles. The number of rotatable bonds is 3. The second-order valence-corrected chi connectivity index (χ2v) is 4.31. The molecule has 0 unspecified atom stereocenters. The van der Waals surface area contributed by atoms with Crippen molar-refractivity contribution in [1.29, 1.82) is 0 Å². The predicted molar refractivity (Wildman–Crippen MR) is 68.4 cm³/mol. The molecule has 0 aliphatic rings. The number of hydrogen-bond donors (Lipinski definition) is 1. The van der Waals surface area contributed by atoms with Gasteiger partial charge < -0.3 is 10.5 Å². The Morgan fingerprint density at radius 1 is 1.20 bits per heavy atom. The highest BCUT2D eigenvalue weighted by molar-refractivity contribution is 5.38. The van der Waals surface area contributed by atoms with Gasteiger partial charge >= 0.3 is 6.18 Å². The molecule has 0 radical (unpaired) electrons. The van der Waals surface area contributed by atoms with Gasteiger partial charge in [-0.2, -0.15) is 13.2 Å². The number of halogens is 3. The summed E-state index contributed by atoms with van der Waals surface area (Å²) in [5.74, 6) is -0.203. The second-order valence-electron chi connectivity index (χ2n) is 4.31. The molecular formula is C14H13F3N2O. The summed E-state index contributed by atoms with van der Waals surface area (Å²) >= 11 is 0. The zero-order chi connectivity index (χ0) is 14.8. The van der Waals surface area contributed by atoms with Gasteiger partial charge in [-0.25, -0.2) is 4.98 Å². The highest BCUT2D eigenvalue weighted by Crippen LogP contribution is 2.37. The van der Waals surface area contributed by atoms with Crippen LogP contribution in [0.5, 0.6) is 11.6 Å². The molecule has 0 bridgehead atoms. The Hall–Kier alpha value is -2.08. The Morgan fingerprint density at radius 2 is 1.90 bits per heavy atom. The number of ether oxygens (including phenoxy) is 1. The summed E-state index contributed by atoms with van der Waals surface area (Å²) in [7, 11) is 0. The second kappa shape index (κ2) is 5.50. The Balaban J connectivity index is 2.33. The van der Waals surface area contributed by atoms with Gasteiger partial charge in [0.05, 0.1) is 5.56 Å². The Kier molecular flexibility index (Phi) is 3.94. The summed E-state index contributed by atoms with van der Waals surface area (Å²) in [4.78, 5) is 3.90. The highest BCUT2D eigenvalue weighted by Gasteiger charge is 2.34. The quantitative estimate of drug-likeness (QED) is 0.928. The molecule has 0 aliphatic carbocycles. The molecule has 1 aromatic heterocycles. The van der Waals surface area contributed by atoms with Gasteiger partial charge in [-0.05, 0) is 30.7 Å². The first-order valence-electron chi connectivity index (χ1n) is 5.93. The molecule has 106 valence electrons. The van der Waals surface area contributed by atoms with Crippen molar-refractivity contribution in [2.45, 2.75) is 19.1 Å². The van der Waals surface area contributed by atoms with E-state index in [2.05, 4.69) is 4.98 Å². The van der Waals surface area contributed by atoms with Gasteiger partial charge in [-0.3, -0.25) is 0 Å². The van der Waals surface area contributed by atoms with Crippen molar-refractivity contribution in [1.82, 2.24) is 4.98 Å². The van der Waals surface area contributed by atoms with E-state index >= 15 is 0 Å². The predicted octanol–water partition coefficient (Wildman–Crippen LogP) is 3.91. The molecule has 6 heteroatoms. The molecule has 0 saturated heterocycles. The number of nitrogens with two attached hydrogens (primary N) is 1. The van der Waals surface area contributed by atoms with Gasteiger partial charge in [0.2, 0.25) is 5.88 Å². The van der Waals surface area contributed by atoms with Crippen LogP contribution in [-0.4, -0.2) is 4.98 Å². The molecule has 0 spiro atoms. The van der Waals surface area contributed by atoms with E-state index in [0.717, 1.165) is 11.6 Å². The molecule has 1 aromatic carbocycles. The van der Waals surface area contributed by atoms with Crippen LogP contribution in [0.4, 0.5) is 13.2 Å². The summed E-state index contributed by atoms with van der Waals surface area (Å²) in [5, 5.41) is 0. The minimum Gasteiger partial charge on any atom is -0.438 e. The molecule has 2 aromatic rings. The van der Waals surface area contributed by atoms with E-state index in [4.69, 9.17) is 10.5 Å². The fourth-order valence-corrected chi connectivity index (χ4v) is 1.67. The monoisotopic (exact) mass is 282 g/mol. The van der Waals surface area contributed by atoms with Gasteiger partial charge in [0.25, 0.3) is 0 Å². The minimum absolute atomic E-state index is 0.0801. The molecule has 0 fully saturated rings. The molecular weight excluding hydrogens is 269 g/mol. The maximum Gasteiger partial charge on any atom is 0.419 e. The van der Waals surface area contributed by atoms with Crippen molar-refractivity contribution >= 4 is 0 Å². The van der Waals surface area contributed by atoms with Crippen LogP contribution in [-0.2, 0) is 6.18 Å². The lowest BCUT2D eigenvalue weighted by atomic mass is 10.1. The smallest absolute Gasteiger partial charge is 0.419 e. The van der Waals surface area contributed by atoms with E-state index in [-0.39, 0.29) is 17.7 Å². The molecule has 1 heterocycles. The normalized spacial score (nSPS) is 13.1. The van der Waals surface area contributed by atoms with Gasteiger partial charge in [-0.15, -0.1) is 0 Å². The summed E-state index contributed by atoms with van der Waals surface area (Å²) in [6.45, 7) is 1.77. The first-order valence-corrected chi connectivity index (χ1v) is 5.93. The third-order valence-corrected chi connectivity index (χ3v) is 2.69. The van der Waals surface area contributed by atoms with Gasteiger partial charge in [0.15, 0.2) is 0 Å². The maximum atomic E-state index is 12.8. The van der Waals surface area contributed by atoms with Crippen molar-refractivity contribution in [2.75, 3.05) is 0 Å². The first-order chi connectivity index (χ1) is 9.38. The first kappa shape index (κ1) is 14.3. The van der Waals surface area contributed by atoms with Gasteiger partial charge in [0.1, 0.15) is 5.75 Å². The van der Waals surface area contributed by atoms with Crippen LogP contribution in [0.3, 0.4) is 0 Å². The minimum atomic E-state index is -4.48. The maximum absolute atomic E-state index is 12.8. The average molecular weight is 282 g/mol. The summed E-state index contributed by atoms with van der Waals surface area (Å²) in [5.41, 5.74) is 5.61. The third-order valence-electron chi connectivity index (χ3n) is 2.69. The summed E-state index contributed by atoms with van der Waals surface area (Å²) < 4.78 is 43.8. The summed E-state index contributed by atoms with van der Waals surface area (Å²) in [6, 6.07) is 7.96. The van der Waals surface area contributed by atoms with Crippen LogP contribution in [0, 0.1) is 0 Å². The van der Waals surface area contributed by atoms with E-state index in [1.165, 1.54) is 30.5 Å². The van der Waals surface area contributed by atoms with Crippen molar-refractivity contribution in [3.63, 3.8) is 0 Å². The van der Waals surface area contributed by atoms with Gasteiger partial charge in [0, 0.05) is 18.3 Å². The molecule has 2 rings (SSSR count). The Morgan fingerprint density at radius 3 is 2.55 bits per heavy atom.